The van der Waals surface area contributed by atoms with Crippen LogP contribution in [0.5, 0.6) is 0 Å². The van der Waals surface area contributed by atoms with Gasteiger partial charge in [-0.2, -0.15) is 0 Å². The number of nitrogens with one attached hydrogen (secondary N) is 1. The van der Waals surface area contributed by atoms with Gasteiger partial charge < -0.3 is 9.32 Å². The van der Waals surface area contributed by atoms with Crippen molar-refractivity contribution in [3.63, 3.8) is 0 Å². The van der Waals surface area contributed by atoms with Crippen LogP contribution in [0.4, 0.5) is 0 Å². The smallest absolute Gasteiger partial charge is 0.240 e. The summed E-state index contributed by atoms with van der Waals surface area (Å²) in [6.07, 6.45) is 1.54. The molecule has 1 N–H and O–H groups in total. The van der Waals surface area contributed by atoms with Gasteiger partial charge in [0.05, 0.1) is 17.7 Å². The molecule has 0 atom stereocenters. The van der Waals surface area contributed by atoms with Gasteiger partial charge in [0.1, 0.15) is 5.76 Å². The van der Waals surface area contributed by atoms with E-state index in [0.29, 0.717) is 18.2 Å². The van der Waals surface area contributed by atoms with E-state index in [-0.39, 0.29) is 23.9 Å². The molecule has 1 amide bonds. The first kappa shape index (κ1) is 19.2. The number of hydrogen-bond acceptors (Lipinski definition) is 4. The van der Waals surface area contributed by atoms with E-state index in [1.807, 2.05) is 12.1 Å². The quantitative estimate of drug-likeness (QED) is 0.781. The molecule has 0 saturated carbocycles. The number of carbonyl (C=O) groups excluding carboxylic acids is 1. The molecule has 0 radical (unpaired) electrons. The van der Waals surface area contributed by atoms with Crippen LogP contribution < -0.4 is 4.72 Å². The molecule has 2 aromatic rings. The number of hydrogen-bond donors (Lipinski definition) is 1. The van der Waals surface area contributed by atoms with Gasteiger partial charge in [-0.05, 0) is 35.7 Å². The van der Waals surface area contributed by atoms with E-state index in [1.165, 1.54) is 18.1 Å². The van der Waals surface area contributed by atoms with Gasteiger partial charge in [-0.15, -0.1) is 0 Å². The highest BCUT2D eigenvalue weighted by atomic mass is 32.2. The molecule has 1 heterocycles. The highest BCUT2D eigenvalue weighted by molar-refractivity contribution is 7.89. The van der Waals surface area contributed by atoms with E-state index in [4.69, 9.17) is 4.42 Å². The van der Waals surface area contributed by atoms with Crippen LogP contribution in [0.25, 0.3) is 0 Å². The Morgan fingerprint density at radius 1 is 1.20 bits per heavy atom. The summed E-state index contributed by atoms with van der Waals surface area (Å²) < 4.78 is 32.5. The third-order valence-corrected chi connectivity index (χ3v) is 5.38. The van der Waals surface area contributed by atoms with Crippen molar-refractivity contribution in [2.75, 3.05) is 13.1 Å². The van der Waals surface area contributed by atoms with E-state index in [1.54, 1.807) is 24.3 Å². The molecule has 6 nitrogen and oxygen atoms in total. The van der Waals surface area contributed by atoms with Crippen molar-refractivity contribution in [2.45, 2.75) is 38.1 Å². The first-order valence-corrected chi connectivity index (χ1v) is 9.65. The first-order chi connectivity index (χ1) is 11.8. The molecule has 0 aliphatic rings. The Morgan fingerprint density at radius 2 is 1.88 bits per heavy atom. The normalized spacial score (nSPS) is 11.7. The standard InChI is InChI=1S/C18H24N2O4S/c1-14(2)16-6-8-18(9-7-16)25(22,23)19-10-11-20(15(3)21)13-17-5-4-12-24-17/h4-9,12,14,19H,10-11,13H2,1-3H3. The van der Waals surface area contributed by atoms with Gasteiger partial charge in [0.2, 0.25) is 15.9 Å². The van der Waals surface area contributed by atoms with Crippen molar-refractivity contribution >= 4 is 15.9 Å². The maximum absolute atomic E-state index is 12.3. The Bertz CT molecular complexity index is 781. The Morgan fingerprint density at radius 3 is 2.40 bits per heavy atom. The third-order valence-electron chi connectivity index (χ3n) is 3.90. The summed E-state index contributed by atoms with van der Waals surface area (Å²) in [6, 6.07) is 10.4. The predicted octanol–water partition coefficient (Wildman–Crippen LogP) is 2.73. The van der Waals surface area contributed by atoms with Crippen LogP contribution in [-0.4, -0.2) is 32.3 Å². The maximum Gasteiger partial charge on any atom is 0.240 e. The number of amides is 1. The molecular formula is C18H24N2O4S. The third kappa shape index (κ3) is 5.44. The second-order valence-corrected chi connectivity index (χ2v) is 7.91. The average Bonchev–Trinajstić information content (AvgIpc) is 3.07. The number of nitrogens with zero attached hydrogens (tertiary/aromatic N) is 1. The molecule has 2 rings (SSSR count). The highest BCUT2D eigenvalue weighted by Crippen LogP contribution is 2.17. The summed E-state index contributed by atoms with van der Waals surface area (Å²) in [7, 11) is -3.60. The minimum Gasteiger partial charge on any atom is -0.467 e. The van der Waals surface area contributed by atoms with Gasteiger partial charge in [0.25, 0.3) is 0 Å². The highest BCUT2D eigenvalue weighted by Gasteiger charge is 2.16. The van der Waals surface area contributed by atoms with Crippen molar-refractivity contribution in [2.24, 2.45) is 0 Å². The minimum absolute atomic E-state index is 0.133. The maximum atomic E-state index is 12.3. The number of carbonyl (C=O) groups is 1. The Hall–Kier alpha value is -2.12. The van der Waals surface area contributed by atoms with Gasteiger partial charge >= 0.3 is 0 Å². The lowest BCUT2D eigenvalue weighted by Crippen LogP contribution is -2.37. The summed E-state index contributed by atoms with van der Waals surface area (Å²) in [4.78, 5) is 13.5. The van der Waals surface area contributed by atoms with Gasteiger partial charge in [-0.1, -0.05) is 26.0 Å². The van der Waals surface area contributed by atoms with Gasteiger partial charge in [-0.3, -0.25) is 4.79 Å². The summed E-state index contributed by atoms with van der Waals surface area (Å²) in [5.74, 6) is 0.856. The zero-order chi connectivity index (χ0) is 18.4. The van der Waals surface area contributed by atoms with Crippen LogP contribution in [0, 0.1) is 0 Å². The number of furan rings is 1. The number of rotatable bonds is 8. The fraction of sp³-hybridized carbons (Fsp3) is 0.389. The molecule has 0 aliphatic heterocycles. The zero-order valence-electron chi connectivity index (χ0n) is 14.7. The molecule has 0 aliphatic carbocycles. The fourth-order valence-electron chi connectivity index (χ4n) is 2.37. The lowest BCUT2D eigenvalue weighted by atomic mass is 10.0. The molecule has 7 heteroatoms. The second kappa shape index (κ2) is 8.31. The lowest BCUT2D eigenvalue weighted by Gasteiger charge is -2.20. The monoisotopic (exact) mass is 364 g/mol. The zero-order valence-corrected chi connectivity index (χ0v) is 15.5. The van der Waals surface area contributed by atoms with E-state index < -0.39 is 10.0 Å². The second-order valence-electron chi connectivity index (χ2n) is 6.14. The van der Waals surface area contributed by atoms with Crippen molar-refractivity contribution in [3.05, 3.63) is 54.0 Å². The first-order valence-electron chi connectivity index (χ1n) is 8.17. The van der Waals surface area contributed by atoms with Crippen LogP contribution in [0.3, 0.4) is 0 Å². The molecule has 1 aromatic carbocycles. The molecule has 0 bridgehead atoms. The summed E-state index contributed by atoms with van der Waals surface area (Å²) in [5.41, 5.74) is 1.08. The topological polar surface area (TPSA) is 79.6 Å². The van der Waals surface area contributed by atoms with Gasteiger partial charge in [-0.25, -0.2) is 13.1 Å². The summed E-state index contributed by atoms with van der Waals surface area (Å²) in [6.45, 7) is 6.26. The van der Waals surface area contributed by atoms with E-state index in [2.05, 4.69) is 18.6 Å². The average molecular weight is 364 g/mol. The van der Waals surface area contributed by atoms with E-state index in [9.17, 15) is 13.2 Å². The molecule has 25 heavy (non-hydrogen) atoms. The number of benzene rings is 1. The predicted molar refractivity (Wildman–Crippen MR) is 95.5 cm³/mol. The molecule has 0 unspecified atom stereocenters. The van der Waals surface area contributed by atoms with Crippen molar-refractivity contribution in [3.8, 4) is 0 Å². The Kier molecular flexibility index (Phi) is 6.39. The number of sulfonamides is 1. The van der Waals surface area contributed by atoms with E-state index in [0.717, 1.165) is 5.56 Å². The van der Waals surface area contributed by atoms with Crippen LogP contribution in [0.2, 0.25) is 0 Å². The SMILES string of the molecule is CC(=O)N(CCNS(=O)(=O)c1ccc(C(C)C)cc1)Cc1ccco1. The molecule has 0 saturated heterocycles. The fourth-order valence-corrected chi connectivity index (χ4v) is 3.39. The molecule has 0 spiro atoms. The molecule has 1 aromatic heterocycles. The van der Waals surface area contributed by atoms with Gasteiger partial charge in [0, 0.05) is 20.0 Å². The minimum atomic E-state index is -3.60. The van der Waals surface area contributed by atoms with Crippen molar-refractivity contribution in [1.29, 1.82) is 0 Å². The van der Waals surface area contributed by atoms with Crippen molar-refractivity contribution < 1.29 is 17.6 Å². The van der Waals surface area contributed by atoms with Crippen LogP contribution in [-0.2, 0) is 21.4 Å². The van der Waals surface area contributed by atoms with Crippen molar-refractivity contribution in [1.82, 2.24) is 9.62 Å². The van der Waals surface area contributed by atoms with Crippen LogP contribution >= 0.6 is 0 Å². The summed E-state index contributed by atoms with van der Waals surface area (Å²) >= 11 is 0. The lowest BCUT2D eigenvalue weighted by molar-refractivity contribution is -0.129. The Balaban J connectivity index is 1.95. The Labute approximate surface area is 148 Å². The van der Waals surface area contributed by atoms with Crippen LogP contribution in [0.15, 0.2) is 52.0 Å². The van der Waals surface area contributed by atoms with Crippen LogP contribution in [0.1, 0.15) is 38.0 Å². The van der Waals surface area contributed by atoms with E-state index >= 15 is 0 Å². The molecule has 0 fully saturated rings. The van der Waals surface area contributed by atoms with Gasteiger partial charge in [0.15, 0.2) is 0 Å². The molecule has 136 valence electrons. The molecular weight excluding hydrogens is 340 g/mol. The summed E-state index contributed by atoms with van der Waals surface area (Å²) in [5, 5.41) is 0. The largest absolute Gasteiger partial charge is 0.467 e.